The van der Waals surface area contributed by atoms with Gasteiger partial charge in [-0.15, -0.1) is 0 Å². The lowest BCUT2D eigenvalue weighted by molar-refractivity contribution is -0.130. The molecule has 2 rings (SSSR count). The number of ether oxygens (including phenoxy) is 2. The Bertz CT molecular complexity index is 837. The highest BCUT2D eigenvalue weighted by atomic mass is 35.5. The normalized spacial score (nSPS) is 11.3. The number of esters is 1. The summed E-state index contributed by atoms with van der Waals surface area (Å²) in [5.41, 5.74) is 1.18. The first-order valence-electron chi connectivity index (χ1n) is 9.10. The second-order valence-electron chi connectivity index (χ2n) is 6.20. The highest BCUT2D eigenvalue weighted by Gasteiger charge is 2.16. The van der Waals surface area contributed by atoms with Crippen molar-refractivity contribution in [2.24, 2.45) is 0 Å². The zero-order chi connectivity index (χ0) is 21.2. The molecular weight excluding hydrogens is 396 g/mol. The van der Waals surface area contributed by atoms with E-state index in [0.29, 0.717) is 29.5 Å². The first-order chi connectivity index (χ1) is 13.9. The minimum Gasteiger partial charge on any atom is -0.489 e. The van der Waals surface area contributed by atoms with Crippen LogP contribution in [-0.4, -0.2) is 37.0 Å². The molecule has 154 valence electrons. The summed E-state index contributed by atoms with van der Waals surface area (Å²) in [6.45, 7) is 3.66. The van der Waals surface area contributed by atoms with Crippen LogP contribution in [0.4, 0.5) is 0 Å². The molecule has 0 fully saturated rings. The number of benzene rings is 2. The second kappa shape index (κ2) is 11.1. The zero-order valence-corrected chi connectivity index (χ0v) is 17.0. The third-order valence-corrected chi connectivity index (χ3v) is 4.12. The Morgan fingerprint density at radius 3 is 2.31 bits per heavy atom. The number of halogens is 1. The van der Waals surface area contributed by atoms with Crippen molar-refractivity contribution in [3.8, 4) is 5.75 Å². The third kappa shape index (κ3) is 7.46. The van der Waals surface area contributed by atoms with E-state index in [0.717, 1.165) is 5.56 Å². The van der Waals surface area contributed by atoms with Gasteiger partial charge in [-0.2, -0.15) is 0 Å². The van der Waals surface area contributed by atoms with Crippen molar-refractivity contribution >= 4 is 29.4 Å². The Morgan fingerprint density at radius 2 is 1.69 bits per heavy atom. The Balaban J connectivity index is 1.78. The van der Waals surface area contributed by atoms with Crippen molar-refractivity contribution in [2.75, 3.05) is 13.2 Å². The molecule has 0 aliphatic heterocycles. The number of hydrogen-bond acceptors (Lipinski definition) is 5. The molecule has 0 saturated heterocycles. The maximum Gasteiger partial charge on any atom is 0.338 e. The van der Waals surface area contributed by atoms with Crippen molar-refractivity contribution in [1.29, 1.82) is 0 Å². The van der Waals surface area contributed by atoms with Gasteiger partial charge in [-0.25, -0.2) is 4.79 Å². The van der Waals surface area contributed by atoms with Gasteiger partial charge in [0.2, 0.25) is 5.91 Å². The highest BCUT2D eigenvalue weighted by molar-refractivity contribution is 6.30. The minimum absolute atomic E-state index is 0.302. The van der Waals surface area contributed by atoms with Gasteiger partial charge in [0, 0.05) is 11.6 Å². The molecule has 7 nitrogen and oxygen atoms in total. The van der Waals surface area contributed by atoms with Crippen molar-refractivity contribution in [1.82, 2.24) is 10.6 Å². The molecular formula is C21H23ClN2O5. The summed E-state index contributed by atoms with van der Waals surface area (Å²) < 4.78 is 10.6. The lowest BCUT2D eigenvalue weighted by Crippen LogP contribution is -2.46. The van der Waals surface area contributed by atoms with Crippen LogP contribution < -0.4 is 15.4 Å². The van der Waals surface area contributed by atoms with Gasteiger partial charge in [-0.05, 0) is 55.8 Å². The SMILES string of the molecule is CCNC(=O)[C@H](C)NC(=O)COC(=O)c1ccc(COc2ccc(Cl)cc2)cc1. The number of carbonyl (C=O) groups is 3. The second-order valence-corrected chi connectivity index (χ2v) is 6.64. The Hall–Kier alpha value is -3.06. The van der Waals surface area contributed by atoms with Gasteiger partial charge >= 0.3 is 5.97 Å². The predicted octanol–water partition coefficient (Wildman–Crippen LogP) is 2.72. The first kappa shape index (κ1) is 22.2. The van der Waals surface area contributed by atoms with Crippen LogP contribution in [0.15, 0.2) is 48.5 Å². The minimum atomic E-state index is -0.707. The Morgan fingerprint density at radius 1 is 1.03 bits per heavy atom. The van der Waals surface area contributed by atoms with Crippen molar-refractivity contribution in [3.05, 3.63) is 64.7 Å². The van der Waals surface area contributed by atoms with Crippen LogP contribution >= 0.6 is 11.6 Å². The van der Waals surface area contributed by atoms with Gasteiger partial charge in [-0.1, -0.05) is 23.7 Å². The molecule has 0 aliphatic rings. The average molecular weight is 419 g/mol. The Kier molecular flexibility index (Phi) is 8.48. The van der Waals surface area contributed by atoms with Crippen LogP contribution in [0.3, 0.4) is 0 Å². The number of likely N-dealkylation sites (N-methyl/N-ethyl adjacent to an activating group) is 1. The molecule has 29 heavy (non-hydrogen) atoms. The van der Waals surface area contributed by atoms with E-state index in [1.54, 1.807) is 62.4 Å². The molecule has 2 N–H and O–H groups in total. The molecule has 2 aromatic rings. The zero-order valence-electron chi connectivity index (χ0n) is 16.2. The number of rotatable bonds is 9. The summed E-state index contributed by atoms with van der Waals surface area (Å²) in [5, 5.41) is 5.69. The molecule has 0 unspecified atom stereocenters. The first-order valence-corrected chi connectivity index (χ1v) is 9.48. The molecule has 2 aromatic carbocycles. The molecule has 0 heterocycles. The summed E-state index contributed by atoms with van der Waals surface area (Å²) in [7, 11) is 0. The summed E-state index contributed by atoms with van der Waals surface area (Å²) in [5.74, 6) is -0.796. The van der Waals surface area contributed by atoms with Gasteiger partial charge in [0.05, 0.1) is 5.56 Å². The number of nitrogens with one attached hydrogen (secondary N) is 2. The van der Waals surface area contributed by atoms with Crippen LogP contribution in [0.2, 0.25) is 5.02 Å². The van der Waals surface area contributed by atoms with E-state index >= 15 is 0 Å². The van der Waals surface area contributed by atoms with E-state index in [2.05, 4.69) is 10.6 Å². The molecule has 1 atom stereocenters. The van der Waals surface area contributed by atoms with Gasteiger partial charge < -0.3 is 20.1 Å². The fourth-order valence-electron chi connectivity index (χ4n) is 2.32. The molecule has 0 saturated carbocycles. The van der Waals surface area contributed by atoms with Crippen molar-refractivity contribution in [3.63, 3.8) is 0 Å². The van der Waals surface area contributed by atoms with E-state index in [1.807, 2.05) is 0 Å². The molecule has 0 radical (unpaired) electrons. The fraction of sp³-hybridized carbons (Fsp3) is 0.286. The van der Waals surface area contributed by atoms with Crippen molar-refractivity contribution < 1.29 is 23.9 Å². The third-order valence-electron chi connectivity index (χ3n) is 3.86. The predicted molar refractivity (Wildman–Crippen MR) is 109 cm³/mol. The standard InChI is InChI=1S/C21H23ClN2O5/c1-3-23-20(26)14(2)24-19(25)13-29-21(27)16-6-4-15(5-7-16)12-28-18-10-8-17(22)9-11-18/h4-11,14H,3,12-13H2,1-2H3,(H,23,26)(H,24,25)/t14-/m0/s1. The number of carbonyl (C=O) groups excluding carboxylic acids is 3. The van der Waals surface area contributed by atoms with Crippen molar-refractivity contribution in [2.45, 2.75) is 26.5 Å². The maximum atomic E-state index is 12.1. The lowest BCUT2D eigenvalue weighted by Gasteiger charge is -2.13. The summed E-state index contributed by atoms with van der Waals surface area (Å²) >= 11 is 5.83. The van der Waals surface area contributed by atoms with Crippen LogP contribution in [-0.2, 0) is 20.9 Å². The van der Waals surface area contributed by atoms with E-state index in [4.69, 9.17) is 21.1 Å². The average Bonchev–Trinajstić information content (AvgIpc) is 2.72. The van der Waals surface area contributed by atoms with Gasteiger partial charge in [0.15, 0.2) is 6.61 Å². The molecule has 2 amide bonds. The molecule has 0 aromatic heterocycles. The van der Waals surface area contributed by atoms with Gasteiger partial charge in [-0.3, -0.25) is 9.59 Å². The van der Waals surface area contributed by atoms with E-state index in [1.165, 1.54) is 0 Å². The van der Waals surface area contributed by atoms with Crippen LogP contribution in [0.25, 0.3) is 0 Å². The van der Waals surface area contributed by atoms with Crippen LogP contribution in [0, 0.1) is 0 Å². The van der Waals surface area contributed by atoms with E-state index in [9.17, 15) is 14.4 Å². The largest absolute Gasteiger partial charge is 0.489 e. The smallest absolute Gasteiger partial charge is 0.338 e. The topological polar surface area (TPSA) is 93.7 Å². The number of hydrogen-bond donors (Lipinski definition) is 2. The maximum absolute atomic E-state index is 12.1. The number of amides is 2. The van der Waals surface area contributed by atoms with Crippen LogP contribution in [0.1, 0.15) is 29.8 Å². The van der Waals surface area contributed by atoms with E-state index in [-0.39, 0.29) is 5.91 Å². The monoisotopic (exact) mass is 418 g/mol. The molecule has 8 heteroatoms. The lowest BCUT2D eigenvalue weighted by atomic mass is 10.1. The van der Waals surface area contributed by atoms with Crippen LogP contribution in [0.5, 0.6) is 5.75 Å². The molecule has 0 aliphatic carbocycles. The molecule has 0 spiro atoms. The van der Waals surface area contributed by atoms with E-state index < -0.39 is 24.5 Å². The van der Waals surface area contributed by atoms with Gasteiger partial charge in [0.25, 0.3) is 5.91 Å². The fourth-order valence-corrected chi connectivity index (χ4v) is 2.45. The summed E-state index contributed by atoms with van der Waals surface area (Å²) in [4.78, 5) is 35.4. The van der Waals surface area contributed by atoms with Gasteiger partial charge in [0.1, 0.15) is 18.4 Å². The summed E-state index contributed by atoms with van der Waals surface area (Å²) in [6.07, 6.45) is 0. The highest BCUT2D eigenvalue weighted by Crippen LogP contribution is 2.17. The Labute approximate surface area is 174 Å². The summed E-state index contributed by atoms with van der Waals surface area (Å²) in [6, 6.07) is 13.0. The molecule has 0 bridgehead atoms. The quantitative estimate of drug-likeness (QED) is 0.611.